The number of hydrogen-bond acceptors (Lipinski definition) is 3. The van der Waals surface area contributed by atoms with Crippen molar-refractivity contribution in [1.82, 2.24) is 20.2 Å². The molecule has 0 fully saturated rings. The van der Waals surface area contributed by atoms with Crippen LogP contribution in [0.3, 0.4) is 0 Å². The molecule has 0 spiro atoms. The van der Waals surface area contributed by atoms with Crippen LogP contribution in [0.2, 0.25) is 0 Å². The van der Waals surface area contributed by atoms with Gasteiger partial charge in [0.05, 0.1) is 6.33 Å². The molecule has 2 aromatic rings. The van der Waals surface area contributed by atoms with E-state index in [1.165, 1.54) is 4.88 Å². The molecular weight excluding hydrogens is 282 g/mol. The average molecular weight is 305 g/mol. The summed E-state index contributed by atoms with van der Waals surface area (Å²) in [4.78, 5) is 10.0. The van der Waals surface area contributed by atoms with Crippen LogP contribution < -0.4 is 10.6 Å². The predicted octanol–water partition coefficient (Wildman–Crippen LogP) is 2.13. The second-order valence-electron chi connectivity index (χ2n) is 4.67. The normalized spacial score (nSPS) is 11.6. The first kappa shape index (κ1) is 15.6. The predicted molar refractivity (Wildman–Crippen MR) is 88.8 cm³/mol. The van der Waals surface area contributed by atoms with Crippen molar-refractivity contribution < 1.29 is 0 Å². The monoisotopic (exact) mass is 305 g/mol. The van der Waals surface area contributed by atoms with Crippen molar-refractivity contribution in [2.45, 2.75) is 26.3 Å². The number of imidazole rings is 1. The fraction of sp³-hybridized carbons (Fsp3) is 0.467. The van der Waals surface area contributed by atoms with Crippen LogP contribution in [0, 0.1) is 0 Å². The van der Waals surface area contributed by atoms with Crippen molar-refractivity contribution in [3.05, 3.63) is 41.1 Å². The van der Waals surface area contributed by atoms with Gasteiger partial charge < -0.3 is 15.2 Å². The van der Waals surface area contributed by atoms with Crippen molar-refractivity contribution in [3.63, 3.8) is 0 Å². The van der Waals surface area contributed by atoms with Crippen molar-refractivity contribution in [3.8, 4) is 0 Å². The number of rotatable bonds is 8. The van der Waals surface area contributed by atoms with Crippen molar-refractivity contribution in [2.24, 2.45) is 4.99 Å². The minimum atomic E-state index is 0.812. The number of thiophene rings is 1. The first-order valence-corrected chi connectivity index (χ1v) is 8.26. The standard InChI is InChI=1S/C15H23N5S/c1-2-17-15(19-8-6-14-5-3-12-21-14)18-7-4-10-20-11-9-16-13-20/h3,5,9,11-13H,2,4,6-8,10H2,1H3,(H2,17,18,19). The number of nitrogens with zero attached hydrogens (tertiary/aromatic N) is 3. The van der Waals surface area contributed by atoms with Gasteiger partial charge in [-0.2, -0.15) is 0 Å². The molecule has 2 N–H and O–H groups in total. The van der Waals surface area contributed by atoms with Crippen LogP contribution in [0.5, 0.6) is 0 Å². The zero-order chi connectivity index (χ0) is 14.8. The molecule has 0 aliphatic rings. The Kier molecular flexibility index (Phi) is 6.80. The molecule has 0 amide bonds. The highest BCUT2D eigenvalue weighted by Gasteiger charge is 1.98. The maximum Gasteiger partial charge on any atom is 0.191 e. The fourth-order valence-corrected chi connectivity index (χ4v) is 2.67. The Morgan fingerprint density at radius 1 is 1.43 bits per heavy atom. The Balaban J connectivity index is 1.68. The summed E-state index contributed by atoms with van der Waals surface area (Å²) in [6, 6.07) is 4.26. The van der Waals surface area contributed by atoms with E-state index < -0.39 is 0 Å². The molecule has 2 heterocycles. The molecule has 0 radical (unpaired) electrons. The van der Waals surface area contributed by atoms with Gasteiger partial charge in [0.15, 0.2) is 5.96 Å². The summed E-state index contributed by atoms with van der Waals surface area (Å²) in [7, 11) is 0. The molecule has 0 unspecified atom stereocenters. The molecule has 5 nitrogen and oxygen atoms in total. The SMILES string of the molecule is CCNC(=NCCCn1ccnc1)NCCc1cccs1. The third-order valence-corrected chi connectivity index (χ3v) is 3.93. The van der Waals surface area contributed by atoms with E-state index in [0.717, 1.165) is 45.0 Å². The first-order valence-electron chi connectivity index (χ1n) is 7.39. The lowest BCUT2D eigenvalue weighted by Crippen LogP contribution is -2.38. The Labute approximate surface area is 130 Å². The average Bonchev–Trinajstić information content (AvgIpc) is 3.17. The van der Waals surface area contributed by atoms with E-state index in [2.05, 4.69) is 49.6 Å². The summed E-state index contributed by atoms with van der Waals surface area (Å²) < 4.78 is 2.08. The van der Waals surface area contributed by atoms with E-state index >= 15 is 0 Å². The van der Waals surface area contributed by atoms with E-state index in [0.29, 0.717) is 0 Å². The lowest BCUT2D eigenvalue weighted by molar-refractivity contribution is 0.647. The Hall–Kier alpha value is -1.82. The van der Waals surface area contributed by atoms with Crippen LogP contribution >= 0.6 is 11.3 Å². The highest BCUT2D eigenvalue weighted by Crippen LogP contribution is 2.07. The molecule has 0 saturated carbocycles. The number of aliphatic imine (C=N–C) groups is 1. The van der Waals surface area contributed by atoms with Gasteiger partial charge in [-0.05, 0) is 31.2 Å². The van der Waals surface area contributed by atoms with Gasteiger partial charge in [-0.15, -0.1) is 11.3 Å². The minimum Gasteiger partial charge on any atom is -0.357 e. The van der Waals surface area contributed by atoms with Crippen LogP contribution in [0.4, 0.5) is 0 Å². The highest BCUT2D eigenvalue weighted by atomic mass is 32.1. The first-order chi connectivity index (χ1) is 10.4. The number of hydrogen-bond donors (Lipinski definition) is 2. The van der Waals surface area contributed by atoms with E-state index in [-0.39, 0.29) is 0 Å². The van der Waals surface area contributed by atoms with Crippen LogP contribution in [-0.2, 0) is 13.0 Å². The van der Waals surface area contributed by atoms with E-state index in [9.17, 15) is 0 Å². The van der Waals surface area contributed by atoms with E-state index in [1.807, 2.05) is 12.5 Å². The van der Waals surface area contributed by atoms with Crippen LogP contribution in [0.1, 0.15) is 18.2 Å². The van der Waals surface area contributed by atoms with Gasteiger partial charge in [0.2, 0.25) is 0 Å². The number of aryl methyl sites for hydroxylation is 1. The molecule has 0 bridgehead atoms. The molecule has 0 aliphatic heterocycles. The summed E-state index contributed by atoms with van der Waals surface area (Å²) in [6.45, 7) is 5.65. The second kappa shape index (κ2) is 9.18. The number of guanidine groups is 1. The molecule has 114 valence electrons. The topological polar surface area (TPSA) is 54.2 Å². The van der Waals surface area contributed by atoms with Gasteiger partial charge in [0.1, 0.15) is 0 Å². The third kappa shape index (κ3) is 5.99. The van der Waals surface area contributed by atoms with Crippen molar-refractivity contribution in [1.29, 1.82) is 0 Å². The molecule has 0 atom stereocenters. The number of nitrogens with one attached hydrogen (secondary N) is 2. The molecule has 2 rings (SSSR count). The summed E-state index contributed by atoms with van der Waals surface area (Å²) in [5, 5.41) is 8.77. The summed E-state index contributed by atoms with van der Waals surface area (Å²) in [5.74, 6) is 0.902. The molecule has 6 heteroatoms. The smallest absolute Gasteiger partial charge is 0.191 e. The lowest BCUT2D eigenvalue weighted by Gasteiger charge is -2.10. The largest absolute Gasteiger partial charge is 0.357 e. The molecule has 0 aliphatic carbocycles. The Morgan fingerprint density at radius 3 is 3.10 bits per heavy atom. The van der Waals surface area contributed by atoms with Crippen LogP contribution in [0.25, 0.3) is 0 Å². The second-order valence-corrected chi connectivity index (χ2v) is 5.70. The lowest BCUT2D eigenvalue weighted by atomic mass is 10.3. The van der Waals surface area contributed by atoms with Crippen LogP contribution in [0.15, 0.2) is 41.2 Å². The Bertz CT molecular complexity index is 504. The van der Waals surface area contributed by atoms with Gasteiger partial charge in [0, 0.05) is 43.4 Å². The quantitative estimate of drug-likeness (QED) is 0.446. The molecular formula is C15H23N5S. The zero-order valence-electron chi connectivity index (χ0n) is 12.5. The maximum absolute atomic E-state index is 4.60. The maximum atomic E-state index is 4.60. The van der Waals surface area contributed by atoms with E-state index in [4.69, 9.17) is 0 Å². The van der Waals surface area contributed by atoms with Gasteiger partial charge in [-0.25, -0.2) is 4.98 Å². The minimum absolute atomic E-state index is 0.812. The van der Waals surface area contributed by atoms with Crippen molar-refractivity contribution >= 4 is 17.3 Å². The molecule has 0 saturated heterocycles. The van der Waals surface area contributed by atoms with Crippen LogP contribution in [-0.4, -0.2) is 35.1 Å². The zero-order valence-corrected chi connectivity index (χ0v) is 13.3. The Morgan fingerprint density at radius 2 is 2.38 bits per heavy atom. The molecule has 2 aromatic heterocycles. The van der Waals surface area contributed by atoms with Gasteiger partial charge >= 0.3 is 0 Å². The van der Waals surface area contributed by atoms with E-state index in [1.54, 1.807) is 17.5 Å². The third-order valence-electron chi connectivity index (χ3n) is 2.99. The highest BCUT2D eigenvalue weighted by molar-refractivity contribution is 7.09. The summed E-state index contributed by atoms with van der Waals surface area (Å²) in [6.07, 6.45) is 7.68. The molecule has 0 aromatic carbocycles. The fourth-order valence-electron chi connectivity index (χ4n) is 1.96. The van der Waals surface area contributed by atoms with Gasteiger partial charge in [-0.3, -0.25) is 4.99 Å². The van der Waals surface area contributed by atoms with Gasteiger partial charge in [-0.1, -0.05) is 6.07 Å². The van der Waals surface area contributed by atoms with Gasteiger partial charge in [0.25, 0.3) is 0 Å². The summed E-state index contributed by atoms with van der Waals surface area (Å²) >= 11 is 1.80. The number of aromatic nitrogens is 2. The van der Waals surface area contributed by atoms with Crippen molar-refractivity contribution in [2.75, 3.05) is 19.6 Å². The molecule has 21 heavy (non-hydrogen) atoms. The summed E-state index contributed by atoms with van der Waals surface area (Å²) in [5.41, 5.74) is 0.